The first-order valence-electron chi connectivity index (χ1n) is 11.2. The van der Waals surface area contributed by atoms with Crippen molar-refractivity contribution in [3.63, 3.8) is 0 Å². The predicted octanol–water partition coefficient (Wildman–Crippen LogP) is 3.43. The summed E-state index contributed by atoms with van der Waals surface area (Å²) in [6.07, 6.45) is 1.03. The fraction of sp³-hybridized carbons (Fsp3) is 0.280. The second kappa shape index (κ2) is 9.38. The Balaban J connectivity index is 1.38. The lowest BCUT2D eigenvalue weighted by molar-refractivity contribution is 0.391. The molecule has 0 N–H and O–H groups in total. The van der Waals surface area contributed by atoms with Gasteiger partial charge in [0.25, 0.3) is 5.56 Å². The van der Waals surface area contributed by atoms with Crippen molar-refractivity contribution in [1.29, 1.82) is 0 Å². The van der Waals surface area contributed by atoms with Crippen LogP contribution in [-0.4, -0.2) is 58.0 Å². The van der Waals surface area contributed by atoms with E-state index < -0.39 is 11.6 Å². The molecule has 0 amide bonds. The summed E-state index contributed by atoms with van der Waals surface area (Å²) < 4.78 is 34.0. The minimum Gasteiger partial charge on any atom is -0.323 e. The summed E-state index contributed by atoms with van der Waals surface area (Å²) in [4.78, 5) is 21.3. The number of benzene rings is 2. The summed E-state index contributed by atoms with van der Waals surface area (Å²) in [6.45, 7) is 2.13. The molecule has 0 radical (unpaired) electrons. The first-order valence-corrected chi connectivity index (χ1v) is 11.2. The highest BCUT2D eigenvalue weighted by molar-refractivity contribution is 5.59. The minimum absolute atomic E-state index is 0.164. The van der Waals surface area contributed by atoms with Crippen LogP contribution in [0.1, 0.15) is 12.0 Å². The SMILES string of the molecule is CN1CCC(N(C)c2nc(-c3cccc(Cn4nc(-c5cc(F)cc(F)c5)ccc4=O)c3)no2)C1. The molecule has 3 heterocycles. The Labute approximate surface area is 200 Å². The fourth-order valence-corrected chi connectivity index (χ4v) is 4.26. The van der Waals surface area contributed by atoms with E-state index >= 15 is 0 Å². The van der Waals surface area contributed by atoms with Gasteiger partial charge in [0, 0.05) is 42.9 Å². The van der Waals surface area contributed by atoms with E-state index in [1.54, 1.807) is 0 Å². The maximum absolute atomic E-state index is 13.6. The summed E-state index contributed by atoms with van der Waals surface area (Å²) in [5, 5.41) is 8.45. The summed E-state index contributed by atoms with van der Waals surface area (Å²) >= 11 is 0. The fourth-order valence-electron chi connectivity index (χ4n) is 4.26. The van der Waals surface area contributed by atoms with Crippen molar-refractivity contribution in [2.45, 2.75) is 19.0 Å². The van der Waals surface area contributed by atoms with Crippen molar-refractivity contribution in [1.82, 2.24) is 24.8 Å². The van der Waals surface area contributed by atoms with Crippen LogP contribution in [-0.2, 0) is 6.54 Å². The van der Waals surface area contributed by atoms with Gasteiger partial charge in [0.2, 0.25) is 5.82 Å². The molecule has 0 bridgehead atoms. The largest absolute Gasteiger partial charge is 0.324 e. The summed E-state index contributed by atoms with van der Waals surface area (Å²) in [5.74, 6) is -0.973. The number of likely N-dealkylation sites (tertiary alicyclic amines) is 1. The zero-order valence-corrected chi connectivity index (χ0v) is 19.4. The number of likely N-dealkylation sites (N-methyl/N-ethyl adjacent to an activating group) is 2. The van der Waals surface area contributed by atoms with E-state index in [0.717, 1.165) is 36.7 Å². The summed E-state index contributed by atoms with van der Waals surface area (Å²) in [5.41, 5.74) is 1.74. The van der Waals surface area contributed by atoms with Crippen LogP contribution in [0.3, 0.4) is 0 Å². The van der Waals surface area contributed by atoms with Crippen molar-refractivity contribution in [2.24, 2.45) is 0 Å². The number of nitrogens with zero attached hydrogens (tertiary/aromatic N) is 6. The van der Waals surface area contributed by atoms with Gasteiger partial charge in [-0.3, -0.25) is 4.79 Å². The van der Waals surface area contributed by atoms with Gasteiger partial charge in [0.1, 0.15) is 11.6 Å². The number of aromatic nitrogens is 4. The second-order valence-electron chi connectivity index (χ2n) is 8.79. The second-order valence-corrected chi connectivity index (χ2v) is 8.79. The van der Waals surface area contributed by atoms with Gasteiger partial charge in [-0.25, -0.2) is 13.5 Å². The number of rotatable bonds is 6. The highest BCUT2D eigenvalue weighted by Crippen LogP contribution is 2.24. The molecule has 2 aromatic carbocycles. The van der Waals surface area contributed by atoms with Crippen LogP contribution in [0.2, 0.25) is 0 Å². The molecule has 1 fully saturated rings. The average Bonchev–Trinajstić information content (AvgIpc) is 3.49. The van der Waals surface area contributed by atoms with E-state index in [2.05, 4.69) is 27.2 Å². The molecule has 5 rings (SSSR count). The first kappa shape index (κ1) is 22.9. The lowest BCUT2D eigenvalue weighted by atomic mass is 10.1. The van der Waals surface area contributed by atoms with Crippen LogP contribution in [0.25, 0.3) is 22.6 Å². The third kappa shape index (κ3) is 4.97. The Hall–Kier alpha value is -3.92. The topological polar surface area (TPSA) is 80.3 Å². The Kier molecular flexibility index (Phi) is 6.12. The molecule has 8 nitrogen and oxygen atoms in total. The molecule has 10 heteroatoms. The van der Waals surface area contributed by atoms with E-state index in [1.165, 1.54) is 28.9 Å². The van der Waals surface area contributed by atoms with E-state index in [9.17, 15) is 13.6 Å². The van der Waals surface area contributed by atoms with Gasteiger partial charge in [0.05, 0.1) is 12.2 Å². The van der Waals surface area contributed by atoms with Crippen LogP contribution in [0, 0.1) is 11.6 Å². The maximum atomic E-state index is 13.6. The van der Waals surface area contributed by atoms with Gasteiger partial charge in [0.15, 0.2) is 0 Å². The van der Waals surface area contributed by atoms with E-state index in [4.69, 9.17) is 4.52 Å². The van der Waals surface area contributed by atoms with Crippen LogP contribution in [0.15, 0.2) is 63.9 Å². The molecule has 1 aliphatic rings. The Morgan fingerprint density at radius 3 is 2.63 bits per heavy atom. The van der Waals surface area contributed by atoms with E-state index in [1.807, 2.05) is 36.2 Å². The molecule has 2 aromatic heterocycles. The van der Waals surface area contributed by atoms with Gasteiger partial charge < -0.3 is 14.3 Å². The van der Waals surface area contributed by atoms with Crippen LogP contribution in [0.5, 0.6) is 0 Å². The number of hydrogen-bond donors (Lipinski definition) is 0. The predicted molar refractivity (Wildman–Crippen MR) is 127 cm³/mol. The smallest absolute Gasteiger partial charge is 0.323 e. The quantitative estimate of drug-likeness (QED) is 0.420. The molecule has 1 atom stereocenters. The normalized spacial score (nSPS) is 16.1. The monoisotopic (exact) mass is 478 g/mol. The lowest BCUT2D eigenvalue weighted by Gasteiger charge is -2.21. The zero-order valence-electron chi connectivity index (χ0n) is 19.4. The number of hydrogen-bond acceptors (Lipinski definition) is 7. The van der Waals surface area contributed by atoms with Crippen LogP contribution >= 0.6 is 0 Å². The van der Waals surface area contributed by atoms with Gasteiger partial charge in [-0.1, -0.05) is 23.4 Å². The summed E-state index contributed by atoms with van der Waals surface area (Å²) in [6, 6.07) is 14.1. The molecule has 35 heavy (non-hydrogen) atoms. The van der Waals surface area contributed by atoms with Gasteiger partial charge in [-0.2, -0.15) is 10.1 Å². The van der Waals surface area contributed by atoms with Gasteiger partial charge in [-0.05, 0) is 49.8 Å². The van der Waals surface area contributed by atoms with Gasteiger partial charge >= 0.3 is 6.01 Å². The zero-order chi connectivity index (χ0) is 24.5. The molecular formula is C25H24F2N6O2. The van der Waals surface area contributed by atoms with Crippen molar-refractivity contribution in [2.75, 3.05) is 32.1 Å². The number of anilines is 1. The molecule has 4 aromatic rings. The molecule has 0 spiro atoms. The Bertz CT molecular complexity index is 1400. The maximum Gasteiger partial charge on any atom is 0.324 e. The average molecular weight is 479 g/mol. The third-order valence-electron chi connectivity index (χ3n) is 6.17. The molecule has 180 valence electrons. The third-order valence-corrected chi connectivity index (χ3v) is 6.17. The summed E-state index contributed by atoms with van der Waals surface area (Å²) in [7, 11) is 4.04. The van der Waals surface area contributed by atoms with Crippen molar-refractivity contribution in [3.8, 4) is 22.6 Å². The van der Waals surface area contributed by atoms with E-state index in [-0.39, 0.29) is 17.7 Å². The van der Waals surface area contributed by atoms with E-state index in [0.29, 0.717) is 23.6 Å². The van der Waals surface area contributed by atoms with Crippen molar-refractivity contribution in [3.05, 3.63) is 82.1 Å². The van der Waals surface area contributed by atoms with Crippen molar-refractivity contribution < 1.29 is 13.3 Å². The molecule has 1 unspecified atom stereocenters. The molecule has 1 aliphatic heterocycles. The standard InChI is InChI=1S/C25H24F2N6O2/c1-31-9-8-21(15-31)32(2)25-28-24(30-35-25)17-5-3-4-16(10-17)14-33-23(34)7-6-22(29-33)18-11-19(26)13-20(27)12-18/h3-7,10-13,21H,8-9,14-15H2,1-2H3. The highest BCUT2D eigenvalue weighted by atomic mass is 19.1. The lowest BCUT2D eigenvalue weighted by Crippen LogP contribution is -2.33. The minimum atomic E-state index is -0.711. The van der Waals surface area contributed by atoms with Crippen LogP contribution in [0.4, 0.5) is 14.8 Å². The molecule has 0 aliphatic carbocycles. The molecule has 1 saturated heterocycles. The first-order chi connectivity index (χ1) is 16.9. The van der Waals surface area contributed by atoms with Crippen LogP contribution < -0.4 is 10.5 Å². The van der Waals surface area contributed by atoms with Crippen molar-refractivity contribution >= 4 is 6.01 Å². The molecule has 0 saturated carbocycles. The molecular weight excluding hydrogens is 454 g/mol. The van der Waals surface area contributed by atoms with Gasteiger partial charge in [-0.15, -0.1) is 0 Å². The Morgan fingerprint density at radius 1 is 1.09 bits per heavy atom. The Morgan fingerprint density at radius 2 is 1.89 bits per heavy atom. The number of halogens is 2. The highest BCUT2D eigenvalue weighted by Gasteiger charge is 2.26.